The monoisotopic (exact) mass is 606 g/mol. The van der Waals surface area contributed by atoms with Crippen LogP contribution in [0.2, 0.25) is 0 Å². The number of esters is 1. The Balaban J connectivity index is 1.52. The maximum Gasteiger partial charge on any atom is 0.338 e. The highest BCUT2D eigenvalue weighted by atomic mass is 17.0. The Labute approximate surface area is 251 Å². The average Bonchev–Trinajstić information content (AvgIpc) is 3.50. The molecule has 0 spiro atoms. The first-order valence-electron chi connectivity index (χ1n) is 13.5. The predicted molar refractivity (Wildman–Crippen MR) is 156 cm³/mol. The average molecular weight is 607 g/mol. The number of rotatable bonds is 15. The van der Waals surface area contributed by atoms with Gasteiger partial charge in [-0.05, 0) is 67.4 Å². The van der Waals surface area contributed by atoms with Gasteiger partial charge in [-0.15, -0.1) is 20.2 Å². The van der Waals surface area contributed by atoms with Crippen molar-refractivity contribution in [3.05, 3.63) is 121 Å². The first-order chi connectivity index (χ1) is 21.1. The van der Waals surface area contributed by atoms with Gasteiger partial charge in [-0.3, -0.25) is 4.79 Å². The maximum atomic E-state index is 13.6. The largest absolute Gasteiger partial charge is 0.489 e. The van der Waals surface area contributed by atoms with E-state index in [0.717, 1.165) is 10.9 Å². The van der Waals surface area contributed by atoms with Gasteiger partial charge in [-0.1, -0.05) is 30.3 Å². The van der Waals surface area contributed by atoms with Crippen LogP contribution in [0.25, 0.3) is 10.9 Å². The van der Waals surface area contributed by atoms with Crippen LogP contribution < -0.4 is 4.74 Å². The van der Waals surface area contributed by atoms with Crippen molar-refractivity contribution in [3.8, 4) is 5.75 Å². The summed E-state index contributed by atoms with van der Waals surface area (Å²) in [5.74, 6) is -0.452. The van der Waals surface area contributed by atoms with Crippen molar-refractivity contribution in [2.45, 2.75) is 39.2 Å². The van der Waals surface area contributed by atoms with Gasteiger partial charge in [0, 0.05) is 28.7 Å². The molecule has 1 amide bonds. The molecule has 4 rings (SSSR count). The third kappa shape index (κ3) is 8.44. The van der Waals surface area contributed by atoms with E-state index in [9.17, 15) is 29.8 Å². The number of amides is 1. The molecule has 1 heterocycles. The van der Waals surface area contributed by atoms with Crippen LogP contribution in [0.1, 0.15) is 45.7 Å². The molecule has 4 aromatic rings. The third-order valence-electron chi connectivity index (χ3n) is 6.60. The van der Waals surface area contributed by atoms with Crippen molar-refractivity contribution in [2.24, 2.45) is 0 Å². The molecule has 1 atom stereocenters. The number of nitrogens with one attached hydrogen (secondary N) is 1. The van der Waals surface area contributed by atoms with Crippen LogP contribution in [0.5, 0.6) is 5.75 Å². The Morgan fingerprint density at radius 2 is 1.43 bits per heavy atom. The molecule has 44 heavy (non-hydrogen) atoms. The van der Waals surface area contributed by atoms with Crippen LogP contribution in [0.4, 0.5) is 0 Å². The molecule has 0 aliphatic rings. The highest BCUT2D eigenvalue weighted by Gasteiger charge is 2.26. The van der Waals surface area contributed by atoms with Crippen LogP contribution in [-0.4, -0.2) is 57.2 Å². The second-order valence-electron chi connectivity index (χ2n) is 9.97. The second-order valence-corrected chi connectivity index (χ2v) is 9.97. The van der Waals surface area contributed by atoms with E-state index in [4.69, 9.17) is 9.47 Å². The van der Waals surface area contributed by atoms with Crippen LogP contribution in [0.3, 0.4) is 0 Å². The molecule has 14 nitrogen and oxygen atoms in total. The number of nitrogens with zero attached hydrogens (tertiary/aromatic N) is 3. The van der Waals surface area contributed by atoms with Gasteiger partial charge in [-0.25, -0.2) is 4.79 Å². The Hall–Kier alpha value is -5.66. The van der Waals surface area contributed by atoms with E-state index in [1.54, 1.807) is 41.4 Å². The van der Waals surface area contributed by atoms with Crippen LogP contribution >= 0.6 is 0 Å². The number of aromatic amines is 1. The number of aromatic nitrogens is 1. The van der Waals surface area contributed by atoms with E-state index in [1.165, 1.54) is 24.3 Å². The normalized spacial score (nSPS) is 11.5. The van der Waals surface area contributed by atoms with Gasteiger partial charge in [0.05, 0.1) is 12.1 Å². The van der Waals surface area contributed by atoms with Crippen LogP contribution in [0, 0.1) is 20.2 Å². The lowest BCUT2D eigenvalue weighted by molar-refractivity contribution is -0.763. The molecule has 3 aromatic carbocycles. The van der Waals surface area contributed by atoms with E-state index >= 15 is 0 Å². The molecule has 0 saturated carbocycles. The van der Waals surface area contributed by atoms with Crippen molar-refractivity contribution in [2.75, 3.05) is 13.2 Å². The molecule has 0 fully saturated rings. The Bertz CT molecular complexity index is 1600. The molecule has 0 aliphatic heterocycles. The molecule has 0 radical (unpaired) electrons. The van der Waals surface area contributed by atoms with E-state index in [2.05, 4.69) is 14.7 Å². The van der Waals surface area contributed by atoms with Crippen LogP contribution in [0.15, 0.2) is 79.0 Å². The van der Waals surface area contributed by atoms with Gasteiger partial charge in [-0.2, -0.15) is 0 Å². The zero-order chi connectivity index (χ0) is 31.6. The fraction of sp³-hybridized carbons (Fsp3) is 0.267. The minimum Gasteiger partial charge on any atom is -0.489 e. The summed E-state index contributed by atoms with van der Waals surface area (Å²) in [6.45, 7) is 3.05. The molecule has 0 aliphatic carbocycles. The highest BCUT2D eigenvalue weighted by Crippen LogP contribution is 2.25. The summed E-state index contributed by atoms with van der Waals surface area (Å²) in [5, 5.41) is 20.0. The van der Waals surface area contributed by atoms with Crippen molar-refractivity contribution in [1.29, 1.82) is 0 Å². The van der Waals surface area contributed by atoms with E-state index in [1.807, 2.05) is 32.0 Å². The molecular weight excluding hydrogens is 576 g/mol. The van der Waals surface area contributed by atoms with Gasteiger partial charge in [0.15, 0.2) is 6.10 Å². The minimum absolute atomic E-state index is 0.00764. The number of hydrogen-bond donors (Lipinski definition) is 1. The molecule has 230 valence electrons. The fourth-order valence-corrected chi connectivity index (χ4v) is 4.36. The van der Waals surface area contributed by atoms with Crippen molar-refractivity contribution < 1.29 is 38.9 Å². The van der Waals surface area contributed by atoms with Gasteiger partial charge >= 0.3 is 5.97 Å². The Kier molecular flexibility index (Phi) is 10.3. The standard InChI is InChI=1S/C30H30N4O10/c1-20(2)32(29(35)23-10-6-21(7-11-23)17-42-33(37)38)16-25(19-41-28-5-3-4-27-26(28)14-15-31-27)44-30(36)24-12-8-22(9-13-24)18-43-34(39)40/h3-15,20,25,31H,16-19H2,1-2H3. The third-order valence-corrected chi connectivity index (χ3v) is 6.60. The molecule has 1 unspecified atom stereocenters. The second kappa shape index (κ2) is 14.5. The van der Waals surface area contributed by atoms with Crippen molar-refractivity contribution in [1.82, 2.24) is 9.88 Å². The summed E-state index contributed by atoms with van der Waals surface area (Å²) in [5.41, 5.74) is 2.40. The summed E-state index contributed by atoms with van der Waals surface area (Å²) in [6.07, 6.45) is 0.886. The maximum absolute atomic E-state index is 13.6. The number of carbonyl (C=O) groups is 2. The number of benzene rings is 3. The predicted octanol–water partition coefficient (Wildman–Crippen LogP) is 4.74. The van der Waals surface area contributed by atoms with E-state index in [-0.39, 0.29) is 43.9 Å². The number of H-pyrrole nitrogens is 1. The Morgan fingerprint density at radius 1 is 0.841 bits per heavy atom. The number of ether oxygens (including phenoxy) is 2. The molecule has 1 N–H and O–H groups in total. The van der Waals surface area contributed by atoms with Gasteiger partial charge in [0.25, 0.3) is 16.1 Å². The lowest BCUT2D eigenvalue weighted by Crippen LogP contribution is -2.45. The topological polar surface area (TPSA) is 176 Å². The summed E-state index contributed by atoms with van der Waals surface area (Å²) < 4.78 is 11.9. The smallest absolute Gasteiger partial charge is 0.338 e. The van der Waals surface area contributed by atoms with Gasteiger partial charge < -0.3 is 29.0 Å². The summed E-state index contributed by atoms with van der Waals surface area (Å²) in [7, 11) is 0. The lowest BCUT2D eigenvalue weighted by Gasteiger charge is -2.31. The van der Waals surface area contributed by atoms with Crippen molar-refractivity contribution in [3.63, 3.8) is 0 Å². The summed E-state index contributed by atoms with van der Waals surface area (Å²) >= 11 is 0. The SMILES string of the molecule is CC(C)N(CC(COc1cccc2[nH]ccc12)OC(=O)c1ccc(CO[N+](=O)[O-])cc1)C(=O)c1ccc(CO[N+](=O)[O-])cc1. The highest BCUT2D eigenvalue weighted by molar-refractivity contribution is 5.94. The number of carbonyl (C=O) groups excluding carboxylic acids is 2. The molecule has 14 heteroatoms. The summed E-state index contributed by atoms with van der Waals surface area (Å²) in [4.78, 5) is 61.1. The Morgan fingerprint density at radius 3 is 2.00 bits per heavy atom. The van der Waals surface area contributed by atoms with E-state index in [0.29, 0.717) is 22.4 Å². The van der Waals surface area contributed by atoms with Gasteiger partial charge in [0.2, 0.25) is 0 Å². The quantitative estimate of drug-likeness (QED) is 0.113. The van der Waals surface area contributed by atoms with Crippen molar-refractivity contribution >= 4 is 22.8 Å². The van der Waals surface area contributed by atoms with E-state index < -0.39 is 22.2 Å². The fourth-order valence-electron chi connectivity index (χ4n) is 4.36. The zero-order valence-electron chi connectivity index (χ0n) is 23.9. The summed E-state index contributed by atoms with van der Waals surface area (Å²) in [6, 6.07) is 19.3. The molecular formula is C30H30N4O10. The number of fused-ring (bicyclic) bond motifs is 1. The molecule has 0 saturated heterocycles. The molecule has 0 bridgehead atoms. The zero-order valence-corrected chi connectivity index (χ0v) is 23.9. The first kappa shape index (κ1) is 31.3. The van der Waals surface area contributed by atoms with Gasteiger partial charge in [0.1, 0.15) is 25.6 Å². The van der Waals surface area contributed by atoms with Crippen LogP contribution in [-0.2, 0) is 27.6 Å². The minimum atomic E-state index is -0.901. The number of hydrogen-bond acceptors (Lipinski definition) is 10. The first-order valence-corrected chi connectivity index (χ1v) is 13.5. The molecule has 1 aromatic heterocycles. The lowest BCUT2D eigenvalue weighted by atomic mass is 10.1.